The van der Waals surface area contributed by atoms with Gasteiger partial charge in [0.25, 0.3) is 5.69 Å². The second kappa shape index (κ2) is 6.49. The van der Waals surface area contributed by atoms with Crippen molar-refractivity contribution >= 4 is 28.9 Å². The minimum absolute atomic E-state index is 0.142. The maximum absolute atomic E-state index is 11.8. The van der Waals surface area contributed by atoms with Crippen LogP contribution in [0.15, 0.2) is 18.2 Å². The molecule has 104 valence electrons. The van der Waals surface area contributed by atoms with Crippen molar-refractivity contribution in [2.45, 2.75) is 26.3 Å². The summed E-state index contributed by atoms with van der Waals surface area (Å²) in [7, 11) is 0. The molecule has 1 rings (SSSR count). The highest BCUT2D eigenvalue weighted by molar-refractivity contribution is 6.33. The van der Waals surface area contributed by atoms with E-state index >= 15 is 0 Å². The van der Waals surface area contributed by atoms with Gasteiger partial charge in [0.1, 0.15) is 0 Å². The van der Waals surface area contributed by atoms with Gasteiger partial charge in [0.2, 0.25) is 5.91 Å². The molecule has 0 radical (unpaired) electrons. The van der Waals surface area contributed by atoms with Crippen LogP contribution in [0.4, 0.5) is 11.4 Å². The molecule has 7 heteroatoms. The second-order valence-corrected chi connectivity index (χ2v) is 5.05. The van der Waals surface area contributed by atoms with E-state index in [0.717, 1.165) is 0 Å². The number of nitro groups is 1. The minimum atomic E-state index is -0.671. The number of nitrogens with two attached hydrogens (primary N) is 1. The van der Waals surface area contributed by atoms with Gasteiger partial charge in [-0.05, 0) is 18.4 Å². The van der Waals surface area contributed by atoms with Crippen LogP contribution in [0.5, 0.6) is 0 Å². The summed E-state index contributed by atoms with van der Waals surface area (Å²) in [6.07, 6.45) is 0.526. The van der Waals surface area contributed by atoms with Crippen molar-refractivity contribution in [3.05, 3.63) is 33.3 Å². The van der Waals surface area contributed by atoms with Crippen molar-refractivity contribution < 1.29 is 9.72 Å². The van der Waals surface area contributed by atoms with E-state index in [9.17, 15) is 14.9 Å². The van der Waals surface area contributed by atoms with Crippen LogP contribution in [-0.4, -0.2) is 16.9 Å². The minimum Gasteiger partial charge on any atom is -0.323 e. The van der Waals surface area contributed by atoms with Gasteiger partial charge >= 0.3 is 0 Å². The van der Waals surface area contributed by atoms with Crippen molar-refractivity contribution in [3.8, 4) is 0 Å². The number of halogens is 1. The summed E-state index contributed by atoms with van der Waals surface area (Å²) in [6, 6.07) is 3.17. The Hall–Kier alpha value is -1.66. The van der Waals surface area contributed by atoms with E-state index in [4.69, 9.17) is 17.3 Å². The van der Waals surface area contributed by atoms with Crippen molar-refractivity contribution in [2.24, 2.45) is 11.7 Å². The predicted octanol–water partition coefficient (Wildman–Crippen LogP) is 2.56. The van der Waals surface area contributed by atoms with Gasteiger partial charge in [0.15, 0.2) is 0 Å². The Balaban J connectivity index is 2.84. The van der Waals surface area contributed by atoms with Crippen molar-refractivity contribution in [1.82, 2.24) is 0 Å². The molecule has 0 fully saturated rings. The zero-order chi connectivity index (χ0) is 14.6. The number of hydrogen-bond donors (Lipinski definition) is 2. The molecule has 0 saturated carbocycles. The number of carbonyl (C=O) groups excluding carboxylic acids is 1. The van der Waals surface area contributed by atoms with Crippen LogP contribution in [-0.2, 0) is 4.79 Å². The van der Waals surface area contributed by atoms with Crippen LogP contribution in [0.2, 0.25) is 5.02 Å². The number of hydrogen-bond acceptors (Lipinski definition) is 4. The van der Waals surface area contributed by atoms with Gasteiger partial charge in [-0.3, -0.25) is 14.9 Å². The lowest BCUT2D eigenvalue weighted by molar-refractivity contribution is -0.384. The third kappa shape index (κ3) is 4.50. The molecule has 19 heavy (non-hydrogen) atoms. The quantitative estimate of drug-likeness (QED) is 0.641. The molecule has 0 heterocycles. The fraction of sp³-hybridized carbons (Fsp3) is 0.417. The molecule has 0 aliphatic rings. The number of anilines is 1. The molecule has 1 aromatic carbocycles. The third-order valence-corrected chi connectivity index (χ3v) is 2.81. The Morgan fingerprint density at radius 3 is 2.68 bits per heavy atom. The van der Waals surface area contributed by atoms with Crippen molar-refractivity contribution in [2.75, 3.05) is 5.32 Å². The molecule has 1 aromatic rings. The highest BCUT2D eigenvalue weighted by Gasteiger charge is 2.17. The van der Waals surface area contributed by atoms with Crippen molar-refractivity contribution in [1.29, 1.82) is 0 Å². The summed E-state index contributed by atoms with van der Waals surface area (Å²) in [6.45, 7) is 3.90. The average Bonchev–Trinajstić information content (AvgIpc) is 2.30. The normalized spacial score (nSPS) is 12.3. The fourth-order valence-corrected chi connectivity index (χ4v) is 1.73. The van der Waals surface area contributed by atoms with Crippen LogP contribution in [0.25, 0.3) is 0 Å². The van der Waals surface area contributed by atoms with Gasteiger partial charge in [0, 0.05) is 12.1 Å². The van der Waals surface area contributed by atoms with E-state index in [-0.39, 0.29) is 22.3 Å². The second-order valence-electron chi connectivity index (χ2n) is 4.65. The number of amides is 1. The van der Waals surface area contributed by atoms with Crippen LogP contribution in [0.1, 0.15) is 20.3 Å². The largest absolute Gasteiger partial charge is 0.323 e. The van der Waals surface area contributed by atoms with Gasteiger partial charge in [0.05, 0.1) is 21.7 Å². The maximum atomic E-state index is 11.8. The Labute approximate surface area is 116 Å². The molecular formula is C12H16ClN3O3. The van der Waals surface area contributed by atoms with E-state index in [1.165, 1.54) is 18.2 Å². The number of non-ortho nitro benzene ring substituents is 1. The lowest BCUT2D eigenvalue weighted by atomic mass is 10.0. The SMILES string of the molecule is CC(C)C[C@H](N)C(=O)Nc1cc([N+](=O)[O-])ccc1Cl. The smallest absolute Gasteiger partial charge is 0.271 e. The summed E-state index contributed by atoms with van der Waals surface area (Å²) < 4.78 is 0. The molecule has 1 amide bonds. The first-order valence-corrected chi connectivity index (χ1v) is 6.19. The van der Waals surface area contributed by atoms with Crippen LogP contribution >= 0.6 is 11.6 Å². The Morgan fingerprint density at radius 2 is 2.16 bits per heavy atom. The van der Waals surface area contributed by atoms with E-state index in [2.05, 4.69) is 5.32 Å². The Bertz CT molecular complexity index is 491. The average molecular weight is 286 g/mol. The monoisotopic (exact) mass is 285 g/mol. The molecule has 6 nitrogen and oxygen atoms in total. The molecule has 0 aliphatic carbocycles. The summed E-state index contributed by atoms with van der Waals surface area (Å²) in [4.78, 5) is 21.9. The Morgan fingerprint density at radius 1 is 1.53 bits per heavy atom. The van der Waals surface area contributed by atoms with Crippen LogP contribution in [0, 0.1) is 16.0 Å². The lowest BCUT2D eigenvalue weighted by Crippen LogP contribution is -2.36. The molecular weight excluding hydrogens is 270 g/mol. The first-order chi connectivity index (χ1) is 8.81. The number of benzene rings is 1. The summed E-state index contributed by atoms with van der Waals surface area (Å²) >= 11 is 5.88. The van der Waals surface area contributed by atoms with Gasteiger partial charge in [-0.25, -0.2) is 0 Å². The molecule has 0 aromatic heterocycles. The lowest BCUT2D eigenvalue weighted by Gasteiger charge is -2.14. The van der Waals surface area contributed by atoms with Gasteiger partial charge < -0.3 is 11.1 Å². The van der Waals surface area contributed by atoms with Gasteiger partial charge in [-0.1, -0.05) is 25.4 Å². The van der Waals surface area contributed by atoms with Gasteiger partial charge in [-0.2, -0.15) is 0 Å². The number of nitrogens with zero attached hydrogens (tertiary/aromatic N) is 1. The van der Waals surface area contributed by atoms with E-state index in [0.29, 0.717) is 6.42 Å². The Kier molecular flexibility index (Phi) is 5.26. The molecule has 0 bridgehead atoms. The predicted molar refractivity (Wildman–Crippen MR) is 74.2 cm³/mol. The highest BCUT2D eigenvalue weighted by atomic mass is 35.5. The van der Waals surface area contributed by atoms with Crippen LogP contribution < -0.4 is 11.1 Å². The molecule has 1 atom stereocenters. The zero-order valence-electron chi connectivity index (χ0n) is 10.7. The zero-order valence-corrected chi connectivity index (χ0v) is 11.5. The summed E-state index contributed by atoms with van der Waals surface area (Å²) in [5, 5.41) is 13.4. The van der Waals surface area contributed by atoms with E-state index in [1.807, 2.05) is 13.8 Å². The first kappa shape index (κ1) is 15.4. The number of nitrogens with one attached hydrogen (secondary N) is 1. The standard InChI is InChI=1S/C12H16ClN3O3/c1-7(2)5-10(14)12(17)15-11-6-8(16(18)19)3-4-9(11)13/h3-4,6-7,10H,5,14H2,1-2H3,(H,15,17)/t10-/m0/s1. The molecule has 3 N–H and O–H groups in total. The molecule has 0 spiro atoms. The first-order valence-electron chi connectivity index (χ1n) is 5.81. The third-order valence-electron chi connectivity index (χ3n) is 2.48. The highest BCUT2D eigenvalue weighted by Crippen LogP contribution is 2.26. The number of carbonyl (C=O) groups is 1. The van der Waals surface area contributed by atoms with Crippen LogP contribution in [0.3, 0.4) is 0 Å². The number of rotatable bonds is 5. The summed E-state index contributed by atoms with van der Waals surface area (Å²) in [5.41, 5.74) is 5.78. The van der Waals surface area contributed by atoms with Crippen molar-refractivity contribution in [3.63, 3.8) is 0 Å². The molecule has 0 saturated heterocycles. The number of nitro benzene ring substituents is 1. The summed E-state index contributed by atoms with van der Waals surface area (Å²) in [5.74, 6) is -0.127. The maximum Gasteiger partial charge on any atom is 0.271 e. The van der Waals surface area contributed by atoms with E-state index in [1.54, 1.807) is 0 Å². The molecule has 0 aliphatic heterocycles. The fourth-order valence-electron chi connectivity index (χ4n) is 1.56. The van der Waals surface area contributed by atoms with Gasteiger partial charge in [-0.15, -0.1) is 0 Å². The van der Waals surface area contributed by atoms with E-state index < -0.39 is 16.9 Å². The molecule has 0 unspecified atom stereocenters. The topological polar surface area (TPSA) is 98.3 Å².